The van der Waals surface area contributed by atoms with Crippen LogP contribution in [0.4, 0.5) is 10.5 Å². The monoisotopic (exact) mass is 413 g/mol. The van der Waals surface area contributed by atoms with Crippen molar-refractivity contribution in [2.75, 3.05) is 24.6 Å². The number of urea groups is 1. The fourth-order valence-electron chi connectivity index (χ4n) is 4.66. The Morgan fingerprint density at radius 3 is 2.67 bits per heavy atom. The lowest BCUT2D eigenvalue weighted by Gasteiger charge is -2.29. The third-order valence-electron chi connectivity index (χ3n) is 6.23. The van der Waals surface area contributed by atoms with Crippen LogP contribution in [0.5, 0.6) is 0 Å². The van der Waals surface area contributed by atoms with E-state index in [9.17, 15) is 19.2 Å². The Morgan fingerprint density at radius 1 is 1.10 bits per heavy atom. The molecule has 1 aliphatic carbocycles. The molecule has 160 valence electrons. The van der Waals surface area contributed by atoms with Gasteiger partial charge in [0, 0.05) is 25.2 Å². The number of para-hydroxylation sites is 1. The van der Waals surface area contributed by atoms with Gasteiger partial charge in [0.15, 0.2) is 6.61 Å². The first-order valence-corrected chi connectivity index (χ1v) is 10.7. The highest BCUT2D eigenvalue weighted by Crippen LogP contribution is 2.35. The minimum atomic E-state index is -0.727. The molecule has 8 heteroatoms. The zero-order chi connectivity index (χ0) is 21.1. The van der Waals surface area contributed by atoms with Crippen molar-refractivity contribution in [2.24, 2.45) is 0 Å². The molecule has 30 heavy (non-hydrogen) atoms. The molecule has 2 heterocycles. The molecule has 1 aromatic rings. The average molecular weight is 413 g/mol. The molecular weight excluding hydrogens is 386 g/mol. The van der Waals surface area contributed by atoms with Crippen molar-refractivity contribution in [3.05, 3.63) is 29.8 Å². The van der Waals surface area contributed by atoms with Crippen molar-refractivity contribution in [3.8, 4) is 0 Å². The first-order chi connectivity index (χ1) is 14.5. The summed E-state index contributed by atoms with van der Waals surface area (Å²) in [6.07, 6.45) is 5.40. The van der Waals surface area contributed by atoms with Gasteiger partial charge in [-0.1, -0.05) is 31.0 Å². The van der Waals surface area contributed by atoms with E-state index in [4.69, 9.17) is 4.74 Å². The van der Waals surface area contributed by atoms with Crippen LogP contribution in [0.25, 0.3) is 0 Å². The van der Waals surface area contributed by atoms with E-state index in [1.807, 2.05) is 24.3 Å². The maximum atomic E-state index is 12.6. The SMILES string of the molecule is O=C(CCCN1C(=O)NC2(CCCC2)C1=O)OCC(=O)N1CCCc2ccccc21. The highest BCUT2D eigenvalue weighted by atomic mass is 16.5. The van der Waals surface area contributed by atoms with Crippen LogP contribution in [-0.2, 0) is 25.5 Å². The quantitative estimate of drug-likeness (QED) is 0.570. The average Bonchev–Trinajstić information content (AvgIpc) is 3.31. The van der Waals surface area contributed by atoms with E-state index in [0.29, 0.717) is 25.8 Å². The van der Waals surface area contributed by atoms with Crippen LogP contribution in [0, 0.1) is 0 Å². The van der Waals surface area contributed by atoms with Crippen molar-refractivity contribution in [1.29, 1.82) is 0 Å². The molecule has 1 spiro atoms. The number of aryl methyl sites for hydroxylation is 1. The fourth-order valence-corrected chi connectivity index (χ4v) is 4.66. The number of carbonyl (C=O) groups is 4. The molecule has 1 saturated heterocycles. The van der Waals surface area contributed by atoms with Gasteiger partial charge in [-0.3, -0.25) is 19.3 Å². The molecule has 4 amide bonds. The zero-order valence-corrected chi connectivity index (χ0v) is 17.0. The van der Waals surface area contributed by atoms with Gasteiger partial charge in [-0.2, -0.15) is 0 Å². The molecule has 0 unspecified atom stereocenters. The first kappa shape index (κ1) is 20.4. The molecule has 1 aromatic carbocycles. The minimum Gasteiger partial charge on any atom is -0.456 e. The summed E-state index contributed by atoms with van der Waals surface area (Å²) in [5.74, 6) is -0.929. The molecule has 2 fully saturated rings. The standard InChI is InChI=1S/C22H27N3O5/c26-18(24-13-5-8-16-7-1-2-9-17(16)24)15-30-19(27)10-6-14-25-20(28)22(23-21(25)29)11-3-4-12-22/h1-2,7,9H,3-6,8,10-15H2,(H,23,29). The van der Waals surface area contributed by atoms with E-state index in [-0.39, 0.29) is 37.4 Å². The second-order valence-electron chi connectivity index (χ2n) is 8.22. The number of hydrogen-bond acceptors (Lipinski definition) is 5. The molecule has 0 atom stereocenters. The molecule has 2 aliphatic heterocycles. The minimum absolute atomic E-state index is 0.0495. The summed E-state index contributed by atoms with van der Waals surface area (Å²) in [5.41, 5.74) is 1.27. The number of esters is 1. The van der Waals surface area contributed by atoms with E-state index >= 15 is 0 Å². The summed E-state index contributed by atoms with van der Waals surface area (Å²) < 4.78 is 5.15. The Balaban J connectivity index is 1.22. The Hall–Kier alpha value is -2.90. The van der Waals surface area contributed by atoms with Crippen LogP contribution < -0.4 is 10.2 Å². The second-order valence-corrected chi connectivity index (χ2v) is 8.22. The number of rotatable bonds is 6. The van der Waals surface area contributed by atoms with E-state index < -0.39 is 11.5 Å². The number of ether oxygens (including phenoxy) is 1. The third kappa shape index (κ3) is 3.91. The zero-order valence-electron chi connectivity index (χ0n) is 17.0. The van der Waals surface area contributed by atoms with Crippen molar-refractivity contribution in [3.63, 3.8) is 0 Å². The van der Waals surface area contributed by atoms with Crippen LogP contribution in [0.15, 0.2) is 24.3 Å². The van der Waals surface area contributed by atoms with Crippen LogP contribution >= 0.6 is 0 Å². The predicted octanol–water partition coefficient (Wildman–Crippen LogP) is 2.15. The lowest BCUT2D eigenvalue weighted by molar-refractivity contribution is -0.148. The molecule has 0 radical (unpaired) electrons. The summed E-state index contributed by atoms with van der Waals surface area (Å²) in [4.78, 5) is 52.2. The fraction of sp³-hybridized carbons (Fsp3) is 0.545. The molecule has 1 N–H and O–H groups in total. The first-order valence-electron chi connectivity index (χ1n) is 10.7. The van der Waals surface area contributed by atoms with Gasteiger partial charge in [-0.25, -0.2) is 4.79 Å². The topological polar surface area (TPSA) is 96.0 Å². The van der Waals surface area contributed by atoms with Crippen molar-refractivity contribution in [2.45, 2.75) is 56.9 Å². The molecule has 4 rings (SSSR count). The number of amides is 4. The molecule has 8 nitrogen and oxygen atoms in total. The Kier molecular flexibility index (Phi) is 5.74. The van der Waals surface area contributed by atoms with Crippen LogP contribution in [0.1, 0.15) is 50.5 Å². The van der Waals surface area contributed by atoms with Crippen molar-refractivity contribution >= 4 is 29.5 Å². The number of nitrogens with zero attached hydrogens (tertiary/aromatic N) is 2. The summed E-state index contributed by atoms with van der Waals surface area (Å²) in [6.45, 7) is 0.482. The summed E-state index contributed by atoms with van der Waals surface area (Å²) in [5, 5.41) is 2.82. The van der Waals surface area contributed by atoms with Crippen LogP contribution in [-0.4, -0.2) is 54.0 Å². The van der Waals surface area contributed by atoms with Gasteiger partial charge in [0.2, 0.25) is 0 Å². The number of benzene rings is 1. The van der Waals surface area contributed by atoms with Crippen LogP contribution in [0.2, 0.25) is 0 Å². The van der Waals surface area contributed by atoms with Gasteiger partial charge in [0.1, 0.15) is 5.54 Å². The number of imide groups is 1. The summed E-state index contributed by atoms with van der Waals surface area (Å²) >= 11 is 0. The number of carbonyl (C=O) groups excluding carboxylic acids is 4. The second kappa shape index (κ2) is 8.45. The molecule has 3 aliphatic rings. The number of fused-ring (bicyclic) bond motifs is 1. The molecule has 1 saturated carbocycles. The maximum Gasteiger partial charge on any atom is 0.325 e. The molecule has 0 bridgehead atoms. The lowest BCUT2D eigenvalue weighted by Crippen LogP contribution is -2.44. The van der Waals surface area contributed by atoms with E-state index in [1.165, 1.54) is 4.90 Å². The summed E-state index contributed by atoms with van der Waals surface area (Å²) in [6, 6.07) is 7.37. The Bertz CT molecular complexity index is 862. The van der Waals surface area contributed by atoms with Gasteiger partial charge in [-0.15, -0.1) is 0 Å². The van der Waals surface area contributed by atoms with E-state index in [2.05, 4.69) is 5.32 Å². The highest BCUT2D eigenvalue weighted by molar-refractivity contribution is 6.07. The van der Waals surface area contributed by atoms with Crippen LogP contribution in [0.3, 0.4) is 0 Å². The van der Waals surface area contributed by atoms with Gasteiger partial charge < -0.3 is 15.0 Å². The number of hydrogen-bond donors (Lipinski definition) is 1. The van der Waals surface area contributed by atoms with E-state index in [0.717, 1.165) is 36.9 Å². The predicted molar refractivity (Wildman–Crippen MR) is 109 cm³/mol. The van der Waals surface area contributed by atoms with Gasteiger partial charge in [-0.05, 0) is 43.7 Å². The number of nitrogens with one attached hydrogen (secondary N) is 1. The van der Waals surface area contributed by atoms with Gasteiger partial charge >= 0.3 is 12.0 Å². The largest absolute Gasteiger partial charge is 0.456 e. The highest BCUT2D eigenvalue weighted by Gasteiger charge is 2.52. The van der Waals surface area contributed by atoms with E-state index in [1.54, 1.807) is 4.90 Å². The number of anilines is 1. The van der Waals surface area contributed by atoms with Crippen molar-refractivity contribution < 1.29 is 23.9 Å². The van der Waals surface area contributed by atoms with Gasteiger partial charge in [0.25, 0.3) is 11.8 Å². The van der Waals surface area contributed by atoms with Gasteiger partial charge in [0.05, 0.1) is 0 Å². The normalized spacial score (nSPS) is 19.7. The lowest BCUT2D eigenvalue weighted by atomic mass is 9.98. The Labute approximate surface area is 175 Å². The maximum absolute atomic E-state index is 12.6. The summed E-state index contributed by atoms with van der Waals surface area (Å²) in [7, 11) is 0. The molecular formula is C22H27N3O5. The van der Waals surface area contributed by atoms with Crippen molar-refractivity contribution in [1.82, 2.24) is 10.2 Å². The third-order valence-corrected chi connectivity index (χ3v) is 6.23. The smallest absolute Gasteiger partial charge is 0.325 e. The molecule has 0 aromatic heterocycles. The Morgan fingerprint density at radius 2 is 1.87 bits per heavy atom.